The van der Waals surface area contributed by atoms with Crippen molar-refractivity contribution in [1.82, 2.24) is 20.2 Å². The monoisotopic (exact) mass is 217 g/mol. The Morgan fingerprint density at radius 1 is 1.31 bits per heavy atom. The first-order chi connectivity index (χ1) is 7.90. The molecular weight excluding hydrogens is 204 g/mol. The van der Waals surface area contributed by atoms with Gasteiger partial charge in [0.25, 0.3) is 0 Å². The molecule has 0 spiro atoms. The first-order valence-electron chi connectivity index (χ1n) is 5.08. The van der Waals surface area contributed by atoms with Crippen molar-refractivity contribution < 1.29 is 4.74 Å². The molecule has 16 heavy (non-hydrogen) atoms. The molecule has 0 aliphatic rings. The van der Waals surface area contributed by atoms with Gasteiger partial charge in [0.1, 0.15) is 6.61 Å². The summed E-state index contributed by atoms with van der Waals surface area (Å²) in [5.41, 5.74) is 1.16. The van der Waals surface area contributed by atoms with Crippen LogP contribution in [0.25, 0.3) is 0 Å². The van der Waals surface area contributed by atoms with E-state index in [9.17, 15) is 0 Å². The van der Waals surface area contributed by atoms with E-state index in [0.29, 0.717) is 13.2 Å². The molecule has 1 radical (unpaired) electrons. The summed E-state index contributed by atoms with van der Waals surface area (Å²) in [7, 11) is 0. The Kier molecular flexibility index (Phi) is 3.61. The molecule has 5 heteroatoms. The van der Waals surface area contributed by atoms with Crippen LogP contribution in [0.4, 0.5) is 0 Å². The number of rotatable bonds is 5. The SMILES string of the molecule is C[CH]OCc1nnnn1Cc1ccccc1. The largest absolute Gasteiger partial charge is 0.368 e. The lowest BCUT2D eigenvalue weighted by atomic mass is 10.2. The van der Waals surface area contributed by atoms with Crippen molar-refractivity contribution in [3.8, 4) is 0 Å². The van der Waals surface area contributed by atoms with Crippen LogP contribution in [-0.4, -0.2) is 20.2 Å². The van der Waals surface area contributed by atoms with Crippen molar-refractivity contribution in [1.29, 1.82) is 0 Å². The van der Waals surface area contributed by atoms with Crippen LogP contribution in [0.3, 0.4) is 0 Å². The highest BCUT2D eigenvalue weighted by atomic mass is 16.5. The van der Waals surface area contributed by atoms with Crippen LogP contribution in [0.1, 0.15) is 18.3 Å². The molecule has 0 fully saturated rings. The molecule has 2 rings (SSSR count). The summed E-state index contributed by atoms with van der Waals surface area (Å²) in [5.74, 6) is 0.724. The van der Waals surface area contributed by atoms with Crippen molar-refractivity contribution in [3.05, 3.63) is 48.3 Å². The maximum atomic E-state index is 5.17. The predicted octanol–water partition coefficient (Wildman–Crippen LogP) is 1.42. The van der Waals surface area contributed by atoms with Gasteiger partial charge in [0.2, 0.25) is 0 Å². The van der Waals surface area contributed by atoms with Crippen LogP contribution < -0.4 is 0 Å². The lowest BCUT2D eigenvalue weighted by molar-refractivity contribution is 0.179. The molecule has 0 atom stereocenters. The Morgan fingerprint density at radius 2 is 2.12 bits per heavy atom. The molecule has 2 aromatic rings. The van der Waals surface area contributed by atoms with Gasteiger partial charge < -0.3 is 4.74 Å². The van der Waals surface area contributed by atoms with Crippen molar-refractivity contribution in [2.75, 3.05) is 0 Å². The van der Waals surface area contributed by atoms with Crippen molar-refractivity contribution in [3.63, 3.8) is 0 Å². The third kappa shape index (κ3) is 2.64. The van der Waals surface area contributed by atoms with Gasteiger partial charge in [-0.15, -0.1) is 5.10 Å². The van der Waals surface area contributed by atoms with Crippen molar-refractivity contribution in [2.45, 2.75) is 20.1 Å². The quantitative estimate of drug-likeness (QED) is 0.760. The fourth-order valence-electron chi connectivity index (χ4n) is 1.36. The van der Waals surface area contributed by atoms with E-state index in [0.717, 1.165) is 11.4 Å². The summed E-state index contributed by atoms with van der Waals surface area (Å²) in [6, 6.07) is 10.1. The first-order valence-corrected chi connectivity index (χ1v) is 5.08. The highest BCUT2D eigenvalue weighted by Crippen LogP contribution is 2.03. The number of aromatic nitrogens is 4. The summed E-state index contributed by atoms with van der Waals surface area (Å²) in [6.45, 7) is 4.51. The Bertz CT molecular complexity index is 427. The third-order valence-electron chi connectivity index (χ3n) is 2.16. The Balaban J connectivity index is 2.07. The second kappa shape index (κ2) is 5.37. The number of benzene rings is 1. The van der Waals surface area contributed by atoms with Crippen molar-refractivity contribution >= 4 is 0 Å². The predicted molar refractivity (Wildman–Crippen MR) is 58.1 cm³/mol. The minimum atomic E-state index is 0.399. The van der Waals surface area contributed by atoms with Crippen LogP contribution in [-0.2, 0) is 17.9 Å². The van der Waals surface area contributed by atoms with Gasteiger partial charge in [0, 0.05) is 0 Å². The van der Waals surface area contributed by atoms with Gasteiger partial charge in [-0.25, -0.2) is 4.68 Å². The molecule has 0 saturated carbocycles. The molecule has 0 aliphatic heterocycles. The van der Waals surface area contributed by atoms with Crippen LogP contribution in [0, 0.1) is 6.61 Å². The molecule has 0 bridgehead atoms. The molecule has 1 aromatic carbocycles. The minimum Gasteiger partial charge on any atom is -0.368 e. The smallest absolute Gasteiger partial charge is 0.177 e. The summed E-state index contributed by atoms with van der Waals surface area (Å²) in [6.07, 6.45) is 0. The number of hydrogen-bond acceptors (Lipinski definition) is 4. The van der Waals surface area contributed by atoms with Gasteiger partial charge in [-0.2, -0.15) is 0 Å². The molecule has 0 N–H and O–H groups in total. The molecule has 1 heterocycles. The van der Waals surface area contributed by atoms with E-state index in [4.69, 9.17) is 4.74 Å². The molecule has 0 unspecified atom stereocenters. The van der Waals surface area contributed by atoms with E-state index in [1.165, 1.54) is 0 Å². The molecular formula is C11H13N4O. The molecule has 0 aliphatic carbocycles. The van der Waals surface area contributed by atoms with E-state index < -0.39 is 0 Å². The van der Waals surface area contributed by atoms with Crippen LogP contribution in [0.15, 0.2) is 30.3 Å². The lowest BCUT2D eigenvalue weighted by Gasteiger charge is -2.04. The topological polar surface area (TPSA) is 52.8 Å². The fourth-order valence-corrected chi connectivity index (χ4v) is 1.36. The van der Waals surface area contributed by atoms with Gasteiger partial charge in [-0.3, -0.25) is 0 Å². The fraction of sp³-hybridized carbons (Fsp3) is 0.273. The van der Waals surface area contributed by atoms with Crippen LogP contribution >= 0.6 is 0 Å². The van der Waals surface area contributed by atoms with Gasteiger partial charge in [-0.1, -0.05) is 30.3 Å². The van der Waals surface area contributed by atoms with E-state index in [2.05, 4.69) is 15.5 Å². The zero-order valence-corrected chi connectivity index (χ0v) is 9.08. The maximum Gasteiger partial charge on any atom is 0.177 e. The summed E-state index contributed by atoms with van der Waals surface area (Å²) < 4.78 is 6.90. The minimum absolute atomic E-state index is 0.399. The standard InChI is InChI=1S/C11H13N4O/c1-2-16-9-11-12-13-14-15(11)8-10-6-4-3-5-7-10/h2-7H,8-9H2,1H3. The molecule has 83 valence electrons. The van der Waals surface area contributed by atoms with Gasteiger partial charge >= 0.3 is 0 Å². The number of nitrogens with zero attached hydrogens (tertiary/aromatic N) is 4. The highest BCUT2D eigenvalue weighted by Gasteiger charge is 2.05. The Labute approximate surface area is 94.0 Å². The van der Waals surface area contributed by atoms with E-state index in [1.54, 1.807) is 11.3 Å². The summed E-state index contributed by atoms with van der Waals surface area (Å²) in [5, 5.41) is 11.5. The average Bonchev–Trinajstić information content (AvgIpc) is 2.75. The zero-order valence-electron chi connectivity index (χ0n) is 9.08. The first kappa shape index (κ1) is 10.8. The summed E-state index contributed by atoms with van der Waals surface area (Å²) >= 11 is 0. The average molecular weight is 217 g/mol. The van der Waals surface area contributed by atoms with Gasteiger partial charge in [-0.05, 0) is 22.9 Å². The zero-order chi connectivity index (χ0) is 11.2. The lowest BCUT2D eigenvalue weighted by Crippen LogP contribution is -2.07. The van der Waals surface area contributed by atoms with Gasteiger partial charge in [0.05, 0.1) is 13.2 Å². The van der Waals surface area contributed by atoms with Crippen molar-refractivity contribution in [2.24, 2.45) is 0 Å². The molecule has 0 amide bonds. The third-order valence-corrected chi connectivity index (χ3v) is 2.16. The molecule has 0 saturated heterocycles. The highest BCUT2D eigenvalue weighted by molar-refractivity contribution is 5.14. The van der Waals surface area contributed by atoms with E-state index >= 15 is 0 Å². The second-order valence-corrected chi connectivity index (χ2v) is 3.29. The number of hydrogen-bond donors (Lipinski definition) is 0. The Morgan fingerprint density at radius 3 is 2.88 bits per heavy atom. The number of ether oxygens (including phenoxy) is 1. The maximum absolute atomic E-state index is 5.17. The summed E-state index contributed by atoms with van der Waals surface area (Å²) in [4.78, 5) is 0. The van der Waals surface area contributed by atoms with Crippen LogP contribution in [0.2, 0.25) is 0 Å². The van der Waals surface area contributed by atoms with E-state index in [-0.39, 0.29) is 0 Å². The van der Waals surface area contributed by atoms with Gasteiger partial charge in [0.15, 0.2) is 5.82 Å². The normalized spacial score (nSPS) is 10.6. The van der Waals surface area contributed by atoms with Crippen LogP contribution in [0.5, 0.6) is 0 Å². The second-order valence-electron chi connectivity index (χ2n) is 3.29. The van der Waals surface area contributed by atoms with E-state index in [1.807, 2.05) is 37.3 Å². The number of tetrazole rings is 1. The molecule has 5 nitrogen and oxygen atoms in total. The Hall–Kier alpha value is -1.75. The molecule has 1 aromatic heterocycles.